The van der Waals surface area contributed by atoms with Gasteiger partial charge in [0, 0.05) is 6.61 Å². The first-order valence-corrected chi connectivity index (χ1v) is 4.08. The van der Waals surface area contributed by atoms with Crippen LogP contribution in [-0.4, -0.2) is 18.4 Å². The van der Waals surface area contributed by atoms with Crippen LogP contribution >= 0.6 is 0 Å². The molecule has 0 spiro atoms. The molecule has 0 rings (SSSR count). The lowest BCUT2D eigenvalue weighted by Gasteiger charge is -2.30. The van der Waals surface area contributed by atoms with E-state index in [1.165, 1.54) is 6.92 Å². The normalized spacial score (nSPS) is 17.5. The smallest absolute Gasteiger partial charge is 0.366 e. The third kappa shape index (κ3) is 2.66. The van der Waals surface area contributed by atoms with Gasteiger partial charge in [0.2, 0.25) is 0 Å². The Labute approximate surface area is 70.9 Å². The number of hydrogen-bond donors (Lipinski definition) is 0. The summed E-state index contributed by atoms with van der Waals surface area (Å²) < 4.78 is 41.7. The van der Waals surface area contributed by atoms with E-state index < -0.39 is 11.8 Å². The summed E-state index contributed by atoms with van der Waals surface area (Å²) in [4.78, 5) is 0. The quantitative estimate of drug-likeness (QED) is 0.652. The first-order valence-electron chi connectivity index (χ1n) is 4.08. The van der Waals surface area contributed by atoms with Crippen molar-refractivity contribution in [3.63, 3.8) is 0 Å². The number of alkyl halides is 3. The van der Waals surface area contributed by atoms with Crippen molar-refractivity contribution in [1.29, 1.82) is 0 Å². The highest BCUT2D eigenvalue weighted by Crippen LogP contribution is 2.35. The van der Waals surface area contributed by atoms with Gasteiger partial charge in [-0.15, -0.1) is 0 Å². The second-order valence-corrected chi connectivity index (χ2v) is 2.93. The predicted molar refractivity (Wildman–Crippen MR) is 41.0 cm³/mol. The highest BCUT2D eigenvalue weighted by Gasteiger charge is 2.50. The Kier molecular flexibility index (Phi) is 4.03. The van der Waals surface area contributed by atoms with Crippen molar-refractivity contribution in [3.05, 3.63) is 0 Å². The van der Waals surface area contributed by atoms with Gasteiger partial charge < -0.3 is 4.74 Å². The van der Waals surface area contributed by atoms with Crippen molar-refractivity contribution in [2.24, 2.45) is 0 Å². The minimum absolute atomic E-state index is 0.0451. The summed E-state index contributed by atoms with van der Waals surface area (Å²) in [6.07, 6.45) is -3.71. The monoisotopic (exact) mass is 184 g/mol. The van der Waals surface area contributed by atoms with Gasteiger partial charge in [-0.05, 0) is 19.8 Å². The van der Waals surface area contributed by atoms with Crippen LogP contribution in [0.3, 0.4) is 0 Å². The van der Waals surface area contributed by atoms with Crippen molar-refractivity contribution in [3.8, 4) is 0 Å². The summed E-state index contributed by atoms with van der Waals surface area (Å²) in [5, 5.41) is 0. The second-order valence-electron chi connectivity index (χ2n) is 2.93. The summed E-state index contributed by atoms with van der Waals surface area (Å²) in [7, 11) is 0. The molecule has 0 radical (unpaired) electrons. The zero-order valence-electron chi connectivity index (χ0n) is 7.66. The number of rotatable bonds is 4. The van der Waals surface area contributed by atoms with Gasteiger partial charge in [-0.1, -0.05) is 13.8 Å². The average Bonchev–Trinajstić information content (AvgIpc) is 1.98. The fourth-order valence-electron chi connectivity index (χ4n) is 0.712. The van der Waals surface area contributed by atoms with E-state index in [-0.39, 0.29) is 13.0 Å². The fraction of sp³-hybridized carbons (Fsp3) is 1.00. The molecule has 0 aliphatic rings. The van der Waals surface area contributed by atoms with Crippen LogP contribution in [-0.2, 0) is 4.74 Å². The van der Waals surface area contributed by atoms with Gasteiger partial charge in [0.15, 0.2) is 5.60 Å². The van der Waals surface area contributed by atoms with E-state index in [1.54, 1.807) is 6.92 Å². The molecule has 0 amide bonds. The van der Waals surface area contributed by atoms with Gasteiger partial charge in [-0.3, -0.25) is 0 Å². The minimum atomic E-state index is -4.27. The largest absolute Gasteiger partial charge is 0.417 e. The summed E-state index contributed by atoms with van der Waals surface area (Å²) in [6, 6.07) is 0. The van der Waals surface area contributed by atoms with E-state index in [9.17, 15) is 13.2 Å². The second kappa shape index (κ2) is 4.12. The summed E-state index contributed by atoms with van der Waals surface area (Å²) in [6.45, 7) is 4.50. The molecular weight excluding hydrogens is 169 g/mol. The van der Waals surface area contributed by atoms with Gasteiger partial charge >= 0.3 is 6.18 Å². The van der Waals surface area contributed by atoms with Gasteiger partial charge in [-0.25, -0.2) is 0 Å². The Balaban J connectivity index is 4.24. The minimum Gasteiger partial charge on any atom is -0.366 e. The van der Waals surface area contributed by atoms with Crippen LogP contribution < -0.4 is 0 Å². The van der Waals surface area contributed by atoms with E-state index in [4.69, 9.17) is 4.74 Å². The summed E-state index contributed by atoms with van der Waals surface area (Å²) in [5.74, 6) is 0. The molecule has 0 fully saturated rings. The molecule has 74 valence electrons. The van der Waals surface area contributed by atoms with Crippen LogP contribution in [0.4, 0.5) is 13.2 Å². The molecule has 0 heterocycles. The van der Waals surface area contributed by atoms with E-state index in [0.717, 1.165) is 6.92 Å². The molecule has 0 aromatic rings. The standard InChI is InChI=1S/C8H15F3O/c1-4-6-12-7(3,5-2)8(9,10)11/h4-6H2,1-3H3. The summed E-state index contributed by atoms with van der Waals surface area (Å²) in [5.41, 5.74) is -1.97. The Morgan fingerprint density at radius 1 is 1.17 bits per heavy atom. The van der Waals surface area contributed by atoms with E-state index in [0.29, 0.717) is 6.42 Å². The third-order valence-electron chi connectivity index (χ3n) is 1.90. The topological polar surface area (TPSA) is 9.23 Å². The number of hydrogen-bond acceptors (Lipinski definition) is 1. The lowest BCUT2D eigenvalue weighted by Crippen LogP contribution is -2.44. The maximum Gasteiger partial charge on any atom is 0.417 e. The molecule has 1 nitrogen and oxygen atoms in total. The first-order chi connectivity index (χ1) is 5.37. The molecule has 0 aliphatic heterocycles. The van der Waals surface area contributed by atoms with Crippen molar-refractivity contribution >= 4 is 0 Å². The Bertz CT molecular complexity index is 133. The molecule has 0 aromatic carbocycles. The van der Waals surface area contributed by atoms with Crippen molar-refractivity contribution in [1.82, 2.24) is 0 Å². The number of ether oxygens (including phenoxy) is 1. The van der Waals surface area contributed by atoms with Gasteiger partial charge in [0.1, 0.15) is 0 Å². The van der Waals surface area contributed by atoms with Gasteiger partial charge in [0.05, 0.1) is 0 Å². The summed E-state index contributed by atoms with van der Waals surface area (Å²) >= 11 is 0. The lowest BCUT2D eigenvalue weighted by molar-refractivity contribution is -0.271. The van der Waals surface area contributed by atoms with Crippen molar-refractivity contribution in [2.45, 2.75) is 45.4 Å². The molecule has 1 unspecified atom stereocenters. The van der Waals surface area contributed by atoms with Crippen LogP contribution in [0, 0.1) is 0 Å². The van der Waals surface area contributed by atoms with Crippen LogP contribution in [0.15, 0.2) is 0 Å². The third-order valence-corrected chi connectivity index (χ3v) is 1.90. The SMILES string of the molecule is CCCOC(C)(CC)C(F)(F)F. The molecular formula is C8H15F3O. The van der Waals surface area contributed by atoms with Crippen LogP contribution in [0.2, 0.25) is 0 Å². The van der Waals surface area contributed by atoms with Crippen LogP contribution in [0.1, 0.15) is 33.6 Å². The highest BCUT2D eigenvalue weighted by atomic mass is 19.4. The molecule has 1 atom stereocenters. The molecule has 4 heteroatoms. The molecule has 0 aromatic heterocycles. The molecule has 0 saturated heterocycles. The van der Waals surface area contributed by atoms with Crippen LogP contribution in [0.25, 0.3) is 0 Å². The maximum atomic E-state index is 12.3. The maximum absolute atomic E-state index is 12.3. The van der Waals surface area contributed by atoms with Gasteiger partial charge in [0.25, 0.3) is 0 Å². The van der Waals surface area contributed by atoms with Gasteiger partial charge in [-0.2, -0.15) is 13.2 Å². The average molecular weight is 184 g/mol. The van der Waals surface area contributed by atoms with E-state index >= 15 is 0 Å². The van der Waals surface area contributed by atoms with Crippen molar-refractivity contribution < 1.29 is 17.9 Å². The lowest BCUT2D eigenvalue weighted by atomic mass is 10.0. The van der Waals surface area contributed by atoms with E-state index in [1.807, 2.05) is 0 Å². The number of halogens is 3. The fourth-order valence-corrected chi connectivity index (χ4v) is 0.712. The predicted octanol–water partition coefficient (Wildman–Crippen LogP) is 3.14. The Morgan fingerprint density at radius 3 is 1.92 bits per heavy atom. The zero-order valence-corrected chi connectivity index (χ0v) is 7.66. The molecule has 0 saturated carbocycles. The molecule has 0 aliphatic carbocycles. The molecule has 0 N–H and O–H groups in total. The van der Waals surface area contributed by atoms with E-state index in [2.05, 4.69) is 0 Å². The Morgan fingerprint density at radius 2 is 1.67 bits per heavy atom. The van der Waals surface area contributed by atoms with Crippen molar-refractivity contribution in [2.75, 3.05) is 6.61 Å². The molecule has 12 heavy (non-hydrogen) atoms. The Hall–Kier alpha value is -0.250. The van der Waals surface area contributed by atoms with Crippen LogP contribution in [0.5, 0.6) is 0 Å². The zero-order chi connectivity index (χ0) is 9.83. The first kappa shape index (κ1) is 11.8. The molecule has 0 bridgehead atoms. The highest BCUT2D eigenvalue weighted by molar-refractivity contribution is 4.82.